The first-order chi connectivity index (χ1) is 7.70. The Kier molecular flexibility index (Phi) is 3.48. The zero-order chi connectivity index (χ0) is 11.5. The Bertz CT molecular complexity index is 437. The van der Waals surface area contributed by atoms with Crippen LogP contribution in [0, 0.1) is 0 Å². The third-order valence-electron chi connectivity index (χ3n) is 2.29. The molecule has 0 saturated carbocycles. The van der Waals surface area contributed by atoms with Gasteiger partial charge in [0.1, 0.15) is 5.52 Å². The molecule has 2 atom stereocenters. The molecule has 0 radical (unpaired) electrons. The van der Waals surface area contributed by atoms with E-state index in [4.69, 9.17) is 15.3 Å². The number of aliphatic hydroxyl groups excluding tert-OH is 1. The van der Waals surface area contributed by atoms with Gasteiger partial charge in [0.05, 0.1) is 11.9 Å². The summed E-state index contributed by atoms with van der Waals surface area (Å²) in [5, 5.41) is 9.63. The van der Waals surface area contributed by atoms with E-state index in [2.05, 4.69) is 4.98 Å². The van der Waals surface area contributed by atoms with Gasteiger partial charge in [-0.25, -0.2) is 4.98 Å². The second-order valence-electron chi connectivity index (χ2n) is 3.65. The summed E-state index contributed by atoms with van der Waals surface area (Å²) in [6.07, 6.45) is 0. The highest BCUT2D eigenvalue weighted by Gasteiger charge is 2.17. The van der Waals surface area contributed by atoms with E-state index in [0.717, 1.165) is 11.1 Å². The van der Waals surface area contributed by atoms with Gasteiger partial charge in [0, 0.05) is 6.04 Å². The van der Waals surface area contributed by atoms with Crippen LogP contribution in [-0.2, 0) is 0 Å². The molecule has 2 rings (SSSR count). The van der Waals surface area contributed by atoms with E-state index < -0.39 is 0 Å². The van der Waals surface area contributed by atoms with E-state index in [1.54, 1.807) is 0 Å². The number of para-hydroxylation sites is 2. The third kappa shape index (κ3) is 2.37. The zero-order valence-corrected chi connectivity index (χ0v) is 9.78. The average Bonchev–Trinajstić information content (AvgIpc) is 2.67. The van der Waals surface area contributed by atoms with E-state index >= 15 is 0 Å². The monoisotopic (exact) mass is 238 g/mol. The maximum absolute atomic E-state index is 9.16. The summed E-state index contributed by atoms with van der Waals surface area (Å²) in [6, 6.07) is 7.46. The molecule has 0 bridgehead atoms. The Labute approximate surface area is 97.8 Å². The fourth-order valence-corrected chi connectivity index (χ4v) is 2.18. The Morgan fingerprint density at radius 1 is 1.50 bits per heavy atom. The normalized spacial score (nSPS) is 15.2. The minimum atomic E-state index is -0.106. The van der Waals surface area contributed by atoms with Crippen LogP contribution < -0.4 is 5.73 Å². The molecule has 86 valence electrons. The van der Waals surface area contributed by atoms with Crippen molar-refractivity contribution in [1.29, 1.82) is 0 Å². The number of nitrogens with zero attached hydrogens (tertiary/aromatic N) is 1. The van der Waals surface area contributed by atoms with Crippen molar-refractivity contribution < 1.29 is 9.52 Å². The second-order valence-corrected chi connectivity index (χ2v) is 4.84. The summed E-state index contributed by atoms with van der Waals surface area (Å²) in [5.41, 5.74) is 7.32. The van der Waals surface area contributed by atoms with E-state index in [-0.39, 0.29) is 17.9 Å². The molecular formula is C11H14N2O2S. The van der Waals surface area contributed by atoms with Crippen molar-refractivity contribution in [2.45, 2.75) is 23.4 Å². The number of aliphatic hydroxyl groups is 1. The molecular weight excluding hydrogens is 224 g/mol. The molecule has 0 amide bonds. The van der Waals surface area contributed by atoms with Gasteiger partial charge in [-0.3, -0.25) is 0 Å². The first kappa shape index (κ1) is 11.4. The van der Waals surface area contributed by atoms with Gasteiger partial charge in [-0.2, -0.15) is 0 Å². The van der Waals surface area contributed by atoms with Gasteiger partial charge in [0.2, 0.25) is 0 Å². The number of thioether (sulfide) groups is 1. The molecule has 0 saturated heterocycles. The zero-order valence-electron chi connectivity index (χ0n) is 8.96. The Balaban J connectivity index is 2.20. The summed E-state index contributed by atoms with van der Waals surface area (Å²) in [4.78, 5) is 4.31. The van der Waals surface area contributed by atoms with E-state index in [0.29, 0.717) is 5.22 Å². The number of nitrogens with two attached hydrogens (primary N) is 1. The molecule has 0 aliphatic rings. The van der Waals surface area contributed by atoms with Gasteiger partial charge in [0.15, 0.2) is 5.58 Å². The fraction of sp³-hybridized carbons (Fsp3) is 0.364. The number of oxazole rings is 1. The average molecular weight is 238 g/mol. The summed E-state index contributed by atoms with van der Waals surface area (Å²) >= 11 is 1.37. The van der Waals surface area contributed by atoms with Gasteiger partial charge >= 0.3 is 0 Å². The molecule has 2 unspecified atom stereocenters. The lowest BCUT2D eigenvalue weighted by Gasteiger charge is -2.14. The second kappa shape index (κ2) is 4.86. The number of benzene rings is 1. The van der Waals surface area contributed by atoms with E-state index in [1.807, 2.05) is 31.2 Å². The van der Waals surface area contributed by atoms with E-state index in [1.165, 1.54) is 11.8 Å². The van der Waals surface area contributed by atoms with Gasteiger partial charge in [-0.15, -0.1) is 0 Å². The number of aromatic nitrogens is 1. The van der Waals surface area contributed by atoms with Crippen LogP contribution in [0.2, 0.25) is 0 Å². The fourth-order valence-electron chi connectivity index (χ4n) is 1.34. The van der Waals surface area contributed by atoms with Crippen LogP contribution in [0.5, 0.6) is 0 Å². The summed E-state index contributed by atoms with van der Waals surface area (Å²) in [7, 11) is 0. The van der Waals surface area contributed by atoms with Crippen molar-refractivity contribution in [2.24, 2.45) is 5.73 Å². The SMILES string of the molecule is CC(N)C(CO)Sc1nc2ccccc2o1. The topological polar surface area (TPSA) is 72.3 Å². The molecule has 0 fully saturated rings. The summed E-state index contributed by atoms with van der Waals surface area (Å²) in [5.74, 6) is 0. The summed E-state index contributed by atoms with van der Waals surface area (Å²) in [6.45, 7) is 1.87. The highest BCUT2D eigenvalue weighted by Crippen LogP contribution is 2.27. The first-order valence-electron chi connectivity index (χ1n) is 5.09. The van der Waals surface area contributed by atoms with Gasteiger partial charge in [-0.05, 0) is 19.1 Å². The molecule has 1 aromatic carbocycles. The lowest BCUT2D eigenvalue weighted by Crippen LogP contribution is -2.31. The number of hydrogen-bond acceptors (Lipinski definition) is 5. The Hall–Kier alpha value is -1.04. The Morgan fingerprint density at radius 3 is 2.88 bits per heavy atom. The molecule has 0 spiro atoms. The van der Waals surface area contributed by atoms with Crippen molar-refractivity contribution in [2.75, 3.05) is 6.61 Å². The largest absolute Gasteiger partial charge is 0.431 e. The van der Waals surface area contributed by atoms with Crippen molar-refractivity contribution in [3.8, 4) is 0 Å². The predicted octanol–water partition coefficient (Wildman–Crippen LogP) is 1.63. The molecule has 4 nitrogen and oxygen atoms in total. The lowest BCUT2D eigenvalue weighted by molar-refractivity contribution is 0.284. The summed E-state index contributed by atoms with van der Waals surface area (Å²) < 4.78 is 5.54. The molecule has 16 heavy (non-hydrogen) atoms. The van der Waals surface area contributed by atoms with Crippen molar-refractivity contribution in [3.63, 3.8) is 0 Å². The van der Waals surface area contributed by atoms with E-state index in [9.17, 15) is 0 Å². The van der Waals surface area contributed by atoms with Gasteiger partial charge in [0.25, 0.3) is 5.22 Å². The van der Waals surface area contributed by atoms with Gasteiger partial charge < -0.3 is 15.3 Å². The smallest absolute Gasteiger partial charge is 0.257 e. The number of rotatable bonds is 4. The van der Waals surface area contributed by atoms with Crippen molar-refractivity contribution >= 4 is 22.9 Å². The Morgan fingerprint density at radius 2 is 2.25 bits per heavy atom. The molecule has 2 aromatic rings. The van der Waals surface area contributed by atoms with Gasteiger partial charge in [-0.1, -0.05) is 23.9 Å². The standard InChI is InChI=1S/C11H14N2O2S/c1-7(12)10(6-14)16-11-13-8-4-2-3-5-9(8)15-11/h2-5,7,10,14H,6,12H2,1H3. The number of hydrogen-bond donors (Lipinski definition) is 2. The molecule has 0 aliphatic heterocycles. The molecule has 0 aliphatic carbocycles. The number of fused-ring (bicyclic) bond motifs is 1. The van der Waals surface area contributed by atoms with Crippen LogP contribution in [0.1, 0.15) is 6.92 Å². The van der Waals surface area contributed by atoms with Crippen LogP contribution in [0.25, 0.3) is 11.1 Å². The van der Waals surface area contributed by atoms with Crippen LogP contribution in [0.15, 0.2) is 33.9 Å². The maximum Gasteiger partial charge on any atom is 0.257 e. The van der Waals surface area contributed by atoms with Crippen LogP contribution in [0.3, 0.4) is 0 Å². The minimum Gasteiger partial charge on any atom is -0.431 e. The van der Waals surface area contributed by atoms with Crippen LogP contribution in [0.4, 0.5) is 0 Å². The van der Waals surface area contributed by atoms with Crippen LogP contribution >= 0.6 is 11.8 Å². The molecule has 1 aromatic heterocycles. The first-order valence-corrected chi connectivity index (χ1v) is 5.97. The van der Waals surface area contributed by atoms with Crippen LogP contribution in [-0.4, -0.2) is 28.0 Å². The highest BCUT2D eigenvalue weighted by atomic mass is 32.2. The molecule has 1 heterocycles. The molecule has 3 N–H and O–H groups in total. The quantitative estimate of drug-likeness (QED) is 0.792. The maximum atomic E-state index is 9.16. The lowest BCUT2D eigenvalue weighted by atomic mass is 10.3. The minimum absolute atomic E-state index is 0.0149. The highest BCUT2D eigenvalue weighted by molar-refractivity contribution is 7.99. The molecule has 5 heteroatoms. The predicted molar refractivity (Wildman–Crippen MR) is 64.4 cm³/mol. The third-order valence-corrected chi connectivity index (χ3v) is 3.55. The van der Waals surface area contributed by atoms with Crippen molar-refractivity contribution in [3.05, 3.63) is 24.3 Å². The van der Waals surface area contributed by atoms with Crippen molar-refractivity contribution in [1.82, 2.24) is 4.98 Å².